The summed E-state index contributed by atoms with van der Waals surface area (Å²) in [4.78, 5) is 17.0. The molecule has 1 amide bonds. The van der Waals surface area contributed by atoms with Crippen LogP contribution in [0.4, 0.5) is 0 Å². The molecule has 2 N–H and O–H groups in total. The van der Waals surface area contributed by atoms with Crippen molar-refractivity contribution >= 4 is 5.91 Å². The molecule has 0 unspecified atom stereocenters. The lowest BCUT2D eigenvalue weighted by Crippen LogP contribution is -2.42. The number of rotatable bonds is 3. The molecule has 1 heterocycles. The maximum absolute atomic E-state index is 11.8. The molecule has 0 aromatic carbocycles. The van der Waals surface area contributed by atoms with E-state index in [4.69, 9.17) is 10.6 Å². The first-order valence-electron chi connectivity index (χ1n) is 5.39. The lowest BCUT2D eigenvalue weighted by atomic mass is 9.66. The van der Waals surface area contributed by atoms with Gasteiger partial charge in [0.1, 0.15) is 0 Å². The van der Waals surface area contributed by atoms with Gasteiger partial charge in [0.05, 0.1) is 13.2 Å². The average Bonchev–Trinajstić information content (AvgIpc) is 2.63. The van der Waals surface area contributed by atoms with Crippen molar-refractivity contribution < 1.29 is 9.63 Å². The average molecular weight is 198 g/mol. The van der Waals surface area contributed by atoms with E-state index in [-0.39, 0.29) is 11.3 Å². The van der Waals surface area contributed by atoms with Crippen molar-refractivity contribution in [2.45, 2.75) is 32.1 Å². The van der Waals surface area contributed by atoms with Crippen LogP contribution in [0.3, 0.4) is 0 Å². The quantitative estimate of drug-likeness (QED) is 0.725. The lowest BCUT2D eigenvalue weighted by molar-refractivity contribution is -0.172. The smallest absolute Gasteiger partial charge is 0.246 e. The van der Waals surface area contributed by atoms with Crippen molar-refractivity contribution in [2.75, 3.05) is 19.7 Å². The highest BCUT2D eigenvalue weighted by Gasteiger charge is 2.39. The number of hydroxylamine groups is 2. The maximum atomic E-state index is 11.8. The zero-order valence-electron chi connectivity index (χ0n) is 8.50. The van der Waals surface area contributed by atoms with Gasteiger partial charge in [-0.05, 0) is 31.2 Å². The van der Waals surface area contributed by atoms with E-state index in [0.717, 1.165) is 25.8 Å². The second-order valence-corrected chi connectivity index (χ2v) is 4.42. The zero-order chi connectivity index (χ0) is 10.0. The normalized spacial score (nSPS) is 24.8. The molecule has 4 nitrogen and oxygen atoms in total. The number of nitrogens with two attached hydrogens (primary N) is 1. The molecule has 1 aliphatic heterocycles. The largest absolute Gasteiger partial charge is 0.330 e. The first kappa shape index (κ1) is 9.93. The number of hydrogen-bond acceptors (Lipinski definition) is 3. The van der Waals surface area contributed by atoms with Gasteiger partial charge in [0.15, 0.2) is 0 Å². The van der Waals surface area contributed by atoms with Crippen molar-refractivity contribution in [3.05, 3.63) is 0 Å². The number of nitrogens with zero attached hydrogens (tertiary/aromatic N) is 1. The fraction of sp³-hybridized carbons (Fsp3) is 0.900. The molecule has 14 heavy (non-hydrogen) atoms. The van der Waals surface area contributed by atoms with Crippen LogP contribution in [-0.2, 0) is 9.63 Å². The number of carbonyl (C=O) groups is 1. The van der Waals surface area contributed by atoms with Crippen LogP contribution in [0, 0.1) is 5.41 Å². The number of hydrogen-bond donors (Lipinski definition) is 1. The highest BCUT2D eigenvalue weighted by molar-refractivity contribution is 5.76. The van der Waals surface area contributed by atoms with E-state index >= 15 is 0 Å². The molecular formula is C10H18N2O2. The summed E-state index contributed by atoms with van der Waals surface area (Å²) in [6.45, 7) is 2.06. The first-order valence-corrected chi connectivity index (χ1v) is 5.39. The van der Waals surface area contributed by atoms with Gasteiger partial charge in [-0.15, -0.1) is 0 Å². The van der Waals surface area contributed by atoms with Crippen molar-refractivity contribution in [3.8, 4) is 0 Å². The van der Waals surface area contributed by atoms with Gasteiger partial charge >= 0.3 is 0 Å². The summed E-state index contributed by atoms with van der Waals surface area (Å²) in [6, 6.07) is 0. The number of amides is 1. The molecule has 0 bridgehead atoms. The summed E-state index contributed by atoms with van der Waals surface area (Å²) < 4.78 is 0. The van der Waals surface area contributed by atoms with Crippen LogP contribution in [-0.4, -0.2) is 30.7 Å². The van der Waals surface area contributed by atoms with E-state index in [2.05, 4.69) is 0 Å². The Labute approximate surface area is 84.3 Å². The molecule has 2 fully saturated rings. The van der Waals surface area contributed by atoms with Crippen LogP contribution < -0.4 is 5.73 Å². The third-order valence-corrected chi connectivity index (χ3v) is 3.40. The predicted molar refractivity (Wildman–Crippen MR) is 52.2 cm³/mol. The van der Waals surface area contributed by atoms with Gasteiger partial charge in [-0.25, -0.2) is 5.06 Å². The molecule has 80 valence electrons. The van der Waals surface area contributed by atoms with E-state index in [1.165, 1.54) is 11.5 Å². The van der Waals surface area contributed by atoms with Gasteiger partial charge in [-0.3, -0.25) is 9.63 Å². The molecule has 1 saturated heterocycles. The van der Waals surface area contributed by atoms with Crippen LogP contribution in [0.25, 0.3) is 0 Å². The summed E-state index contributed by atoms with van der Waals surface area (Å²) in [5.41, 5.74) is 5.80. The summed E-state index contributed by atoms with van der Waals surface area (Å²) in [6.07, 6.45) is 4.95. The molecule has 0 aromatic rings. The van der Waals surface area contributed by atoms with E-state index in [9.17, 15) is 4.79 Å². The lowest BCUT2D eigenvalue weighted by Gasteiger charge is -2.40. The molecule has 1 saturated carbocycles. The SMILES string of the molecule is NCC1(CC(=O)N2CCCO2)CCC1. The highest BCUT2D eigenvalue weighted by Crippen LogP contribution is 2.43. The van der Waals surface area contributed by atoms with E-state index in [0.29, 0.717) is 19.6 Å². The van der Waals surface area contributed by atoms with Gasteiger partial charge in [0.25, 0.3) is 0 Å². The summed E-state index contributed by atoms with van der Waals surface area (Å²) in [7, 11) is 0. The van der Waals surface area contributed by atoms with E-state index in [1.807, 2.05) is 0 Å². The van der Waals surface area contributed by atoms with Gasteiger partial charge < -0.3 is 5.73 Å². The molecule has 0 aromatic heterocycles. The third kappa shape index (κ3) is 1.77. The molecule has 4 heteroatoms. The van der Waals surface area contributed by atoms with Crippen molar-refractivity contribution in [1.82, 2.24) is 5.06 Å². The Hall–Kier alpha value is -0.610. The third-order valence-electron chi connectivity index (χ3n) is 3.40. The predicted octanol–water partition coefficient (Wildman–Crippen LogP) is 0.669. The molecular weight excluding hydrogens is 180 g/mol. The van der Waals surface area contributed by atoms with Crippen LogP contribution in [0.15, 0.2) is 0 Å². The molecule has 0 spiro atoms. The van der Waals surface area contributed by atoms with Crippen LogP contribution in [0.5, 0.6) is 0 Å². The van der Waals surface area contributed by atoms with Crippen molar-refractivity contribution in [1.29, 1.82) is 0 Å². The minimum Gasteiger partial charge on any atom is -0.330 e. The topological polar surface area (TPSA) is 55.6 Å². The minimum absolute atomic E-state index is 0.100. The standard InChI is InChI=1S/C10H18N2O2/c11-8-10(3-1-4-10)7-9(13)12-5-2-6-14-12/h1-8,11H2. The minimum atomic E-state index is 0.100. The zero-order valence-corrected chi connectivity index (χ0v) is 8.50. The Morgan fingerprint density at radius 3 is 2.64 bits per heavy atom. The Morgan fingerprint density at radius 1 is 1.43 bits per heavy atom. The number of carbonyl (C=O) groups excluding carboxylic acids is 1. The Balaban J connectivity index is 1.86. The van der Waals surface area contributed by atoms with Crippen LogP contribution >= 0.6 is 0 Å². The molecule has 0 atom stereocenters. The van der Waals surface area contributed by atoms with Gasteiger partial charge in [-0.1, -0.05) is 6.42 Å². The fourth-order valence-electron chi connectivity index (χ4n) is 2.18. The van der Waals surface area contributed by atoms with E-state index in [1.54, 1.807) is 0 Å². The molecule has 2 rings (SSSR count). The fourth-order valence-corrected chi connectivity index (χ4v) is 2.18. The summed E-state index contributed by atoms with van der Waals surface area (Å²) in [5.74, 6) is 0.118. The molecule has 1 aliphatic carbocycles. The second kappa shape index (κ2) is 3.87. The Bertz CT molecular complexity index is 215. The van der Waals surface area contributed by atoms with Gasteiger partial charge in [-0.2, -0.15) is 0 Å². The van der Waals surface area contributed by atoms with Gasteiger partial charge in [0, 0.05) is 6.42 Å². The van der Waals surface area contributed by atoms with Gasteiger partial charge in [0.2, 0.25) is 5.91 Å². The van der Waals surface area contributed by atoms with E-state index < -0.39 is 0 Å². The van der Waals surface area contributed by atoms with Crippen molar-refractivity contribution in [3.63, 3.8) is 0 Å². The molecule has 0 radical (unpaired) electrons. The summed E-state index contributed by atoms with van der Waals surface area (Å²) >= 11 is 0. The maximum Gasteiger partial charge on any atom is 0.246 e. The molecule has 2 aliphatic rings. The van der Waals surface area contributed by atoms with Crippen LogP contribution in [0.2, 0.25) is 0 Å². The highest BCUT2D eigenvalue weighted by atomic mass is 16.7. The first-order chi connectivity index (χ1) is 6.76. The summed E-state index contributed by atoms with van der Waals surface area (Å²) in [5, 5.41) is 1.51. The Kier molecular flexibility index (Phi) is 2.74. The second-order valence-electron chi connectivity index (χ2n) is 4.42. The monoisotopic (exact) mass is 198 g/mol. The van der Waals surface area contributed by atoms with Crippen LogP contribution in [0.1, 0.15) is 32.1 Å². The Morgan fingerprint density at radius 2 is 2.21 bits per heavy atom. The van der Waals surface area contributed by atoms with Crippen molar-refractivity contribution in [2.24, 2.45) is 11.1 Å².